The maximum atomic E-state index is 6.82. The summed E-state index contributed by atoms with van der Waals surface area (Å²) in [6, 6.07) is 0. The molecule has 2 aliphatic heterocycles. The molecular weight excluding hydrogens is 739 g/mol. The Morgan fingerprint density at radius 2 is 1.51 bits per heavy atom. The molecule has 61 heavy (non-hydrogen) atoms. The SMILES string of the molecule is C=C1C=C(C2=CCCC=C2)N=C(C2=CC3=CC=C4C=CCCC4C3C=C2)CC1C1C=CC=CC1C1C=CC(C2(C3=CC=CC(C)C3)C3=CCCC=C3OC3C=CC=CC32)=CC1. The van der Waals surface area contributed by atoms with Gasteiger partial charge in [-0.15, -0.1) is 0 Å². The van der Waals surface area contributed by atoms with Crippen LogP contribution in [0.4, 0.5) is 0 Å². The summed E-state index contributed by atoms with van der Waals surface area (Å²) in [5.74, 6) is 4.04. The molecule has 9 aliphatic carbocycles. The van der Waals surface area contributed by atoms with E-state index in [0.29, 0.717) is 35.5 Å². The van der Waals surface area contributed by atoms with Gasteiger partial charge in [0.25, 0.3) is 0 Å². The highest BCUT2D eigenvalue weighted by molar-refractivity contribution is 6.05. The van der Waals surface area contributed by atoms with E-state index in [1.54, 1.807) is 0 Å². The van der Waals surface area contributed by atoms with Gasteiger partial charge in [0.2, 0.25) is 0 Å². The van der Waals surface area contributed by atoms with Gasteiger partial charge in [-0.05, 0) is 151 Å². The van der Waals surface area contributed by atoms with Crippen molar-refractivity contribution in [3.05, 3.63) is 227 Å². The van der Waals surface area contributed by atoms with Crippen LogP contribution in [-0.4, -0.2) is 11.8 Å². The minimum Gasteiger partial charge on any atom is -0.486 e. The Bertz CT molecular complexity index is 2500. The molecular formula is C59H59NO. The summed E-state index contributed by atoms with van der Waals surface area (Å²) < 4.78 is 6.82. The van der Waals surface area contributed by atoms with E-state index in [4.69, 9.17) is 16.3 Å². The van der Waals surface area contributed by atoms with Crippen LogP contribution in [0.3, 0.4) is 0 Å². The first-order chi connectivity index (χ1) is 30.0. The van der Waals surface area contributed by atoms with E-state index in [9.17, 15) is 0 Å². The van der Waals surface area contributed by atoms with Crippen molar-refractivity contribution in [2.24, 2.45) is 57.8 Å². The third-order valence-corrected chi connectivity index (χ3v) is 15.5. The van der Waals surface area contributed by atoms with Crippen molar-refractivity contribution in [1.29, 1.82) is 0 Å². The van der Waals surface area contributed by atoms with Crippen molar-refractivity contribution in [1.82, 2.24) is 0 Å². The lowest BCUT2D eigenvalue weighted by molar-refractivity contribution is 0.0511. The van der Waals surface area contributed by atoms with Gasteiger partial charge in [0.15, 0.2) is 0 Å². The van der Waals surface area contributed by atoms with Gasteiger partial charge in [-0.2, -0.15) is 0 Å². The van der Waals surface area contributed by atoms with Crippen LogP contribution < -0.4 is 0 Å². The Morgan fingerprint density at radius 3 is 2.38 bits per heavy atom. The molecule has 2 nitrogen and oxygen atoms in total. The Hall–Kier alpha value is -5.47. The van der Waals surface area contributed by atoms with Crippen molar-refractivity contribution in [3.63, 3.8) is 0 Å². The quantitative estimate of drug-likeness (QED) is 0.262. The van der Waals surface area contributed by atoms with E-state index in [1.165, 1.54) is 63.1 Å². The summed E-state index contributed by atoms with van der Waals surface area (Å²) in [5, 5.41) is 0. The van der Waals surface area contributed by atoms with Crippen LogP contribution in [0.1, 0.15) is 64.7 Å². The standard InChI is InChI=1S/C59H59NO/c1-39-15-14-19-47(35-39)59(53-23-10-12-25-57(53)61-58-26-13-11-24-54(58)59)46-32-29-42(30-33-46)49-21-8-9-22-51(49)52-38-56(60-55(36-40(52)2)43-17-4-3-5-18-43)45-31-34-50-44(37-45)28-27-41-16-6-7-20-48(41)50/h4,6,8-10,12,14-19,21-29,31-34,36-37,39,42,48-53,57H,2-3,5,7,11,13,20,30,35,38H2,1H3. The minimum atomic E-state index is -0.262. The zero-order valence-electron chi connectivity index (χ0n) is 35.7. The molecule has 11 aliphatic rings. The highest BCUT2D eigenvalue weighted by Crippen LogP contribution is 2.61. The molecule has 2 heterocycles. The number of rotatable bonds is 6. The monoisotopic (exact) mass is 797 g/mol. The highest BCUT2D eigenvalue weighted by Gasteiger charge is 2.55. The lowest BCUT2D eigenvalue weighted by Gasteiger charge is -2.53. The Balaban J connectivity index is 0.928. The second-order valence-electron chi connectivity index (χ2n) is 19.1. The van der Waals surface area contributed by atoms with Gasteiger partial charge in [0.1, 0.15) is 11.9 Å². The molecule has 11 rings (SSSR count). The number of ether oxygens (including phenoxy) is 1. The molecule has 0 amide bonds. The van der Waals surface area contributed by atoms with Gasteiger partial charge in [-0.25, -0.2) is 0 Å². The molecule has 1 saturated heterocycles. The van der Waals surface area contributed by atoms with E-state index in [1.807, 2.05) is 0 Å². The van der Waals surface area contributed by atoms with E-state index in [2.05, 4.69) is 171 Å². The number of fused-ring (bicyclic) bond motifs is 5. The number of hydrogen-bond donors (Lipinski definition) is 0. The molecule has 1 fully saturated rings. The molecule has 0 saturated carbocycles. The van der Waals surface area contributed by atoms with Gasteiger partial charge in [0, 0.05) is 23.1 Å². The maximum absolute atomic E-state index is 6.82. The van der Waals surface area contributed by atoms with Crippen molar-refractivity contribution in [2.45, 2.75) is 70.8 Å². The van der Waals surface area contributed by atoms with E-state index in [0.717, 1.165) is 56.4 Å². The number of hydrogen-bond acceptors (Lipinski definition) is 2. The average Bonchev–Trinajstić information content (AvgIpc) is 3.49. The summed E-state index contributed by atoms with van der Waals surface area (Å²) in [7, 11) is 0. The molecule has 306 valence electrons. The van der Waals surface area contributed by atoms with Crippen LogP contribution in [0, 0.1) is 52.8 Å². The van der Waals surface area contributed by atoms with E-state index < -0.39 is 0 Å². The molecule has 10 unspecified atom stereocenters. The fraction of sp³-hybridized carbons (Fsp3) is 0.339. The molecule has 0 aromatic heterocycles. The average molecular weight is 798 g/mol. The topological polar surface area (TPSA) is 21.6 Å². The zero-order valence-corrected chi connectivity index (χ0v) is 35.7. The molecule has 2 heteroatoms. The fourth-order valence-corrected chi connectivity index (χ4v) is 12.5. The summed E-state index contributed by atoms with van der Waals surface area (Å²) >= 11 is 0. The fourth-order valence-electron chi connectivity index (χ4n) is 12.5. The Kier molecular flexibility index (Phi) is 10.1. The van der Waals surface area contributed by atoms with Gasteiger partial charge in [-0.3, -0.25) is 4.99 Å². The number of nitrogens with zero attached hydrogens (tertiary/aromatic N) is 1. The molecule has 10 atom stereocenters. The molecule has 0 radical (unpaired) electrons. The van der Waals surface area contributed by atoms with E-state index in [-0.39, 0.29) is 23.4 Å². The zero-order chi connectivity index (χ0) is 40.9. The van der Waals surface area contributed by atoms with Gasteiger partial charge < -0.3 is 4.74 Å². The predicted octanol–water partition coefficient (Wildman–Crippen LogP) is 14.2. The first-order valence-electron chi connectivity index (χ1n) is 23.4. The Labute approximate surface area is 364 Å². The van der Waals surface area contributed by atoms with E-state index >= 15 is 0 Å². The van der Waals surface area contributed by atoms with Crippen molar-refractivity contribution in [2.75, 3.05) is 0 Å². The summed E-state index contributed by atoms with van der Waals surface area (Å²) in [4.78, 5) is 5.58. The smallest absolute Gasteiger partial charge is 0.125 e. The molecule has 0 bridgehead atoms. The van der Waals surface area contributed by atoms with Gasteiger partial charge >= 0.3 is 0 Å². The largest absolute Gasteiger partial charge is 0.486 e. The maximum Gasteiger partial charge on any atom is 0.125 e. The number of allylic oxidation sites excluding steroid dienone is 32. The molecule has 0 N–H and O–H groups in total. The van der Waals surface area contributed by atoms with Crippen LogP contribution in [0.15, 0.2) is 232 Å². The van der Waals surface area contributed by atoms with Crippen molar-refractivity contribution >= 4 is 5.71 Å². The van der Waals surface area contributed by atoms with Crippen molar-refractivity contribution in [3.8, 4) is 0 Å². The lowest BCUT2D eigenvalue weighted by atomic mass is 9.53. The van der Waals surface area contributed by atoms with Crippen molar-refractivity contribution < 1.29 is 4.74 Å². The van der Waals surface area contributed by atoms with Gasteiger partial charge in [-0.1, -0.05) is 159 Å². The van der Waals surface area contributed by atoms with Crippen LogP contribution in [-0.2, 0) is 4.74 Å². The number of aliphatic imine (C=N–C) groups is 1. The summed E-state index contributed by atoms with van der Waals surface area (Å²) in [6.45, 7) is 7.23. The normalized spacial score (nSPS) is 36.8. The highest BCUT2D eigenvalue weighted by atomic mass is 16.5. The Morgan fingerprint density at radius 1 is 0.672 bits per heavy atom. The first-order valence-corrected chi connectivity index (χ1v) is 23.4. The summed E-state index contributed by atoms with van der Waals surface area (Å²) in [6.07, 6.45) is 74.0. The first kappa shape index (κ1) is 38.5. The second-order valence-corrected chi connectivity index (χ2v) is 19.1. The molecule has 0 aromatic rings. The predicted molar refractivity (Wildman–Crippen MR) is 254 cm³/mol. The third-order valence-electron chi connectivity index (χ3n) is 15.5. The van der Waals surface area contributed by atoms with Crippen LogP contribution in [0.25, 0.3) is 0 Å². The van der Waals surface area contributed by atoms with Crippen LogP contribution in [0.2, 0.25) is 0 Å². The van der Waals surface area contributed by atoms with Crippen LogP contribution in [0.5, 0.6) is 0 Å². The summed E-state index contributed by atoms with van der Waals surface area (Å²) in [5.41, 5.74) is 12.9. The lowest BCUT2D eigenvalue weighted by Crippen LogP contribution is -2.48. The molecule has 0 spiro atoms. The molecule has 0 aromatic carbocycles. The van der Waals surface area contributed by atoms with Crippen LogP contribution >= 0.6 is 0 Å². The minimum absolute atomic E-state index is 0.0131. The van der Waals surface area contributed by atoms with Gasteiger partial charge in [0.05, 0.1) is 11.1 Å². The third kappa shape index (κ3) is 6.82. The second kappa shape index (κ2) is 16.1.